The molecule has 1 atom stereocenters. The number of piperidine rings is 1. The fraction of sp³-hybridized carbons (Fsp3) is 0.382. The van der Waals surface area contributed by atoms with Crippen molar-refractivity contribution in [3.05, 3.63) is 101 Å². The highest BCUT2D eigenvalue weighted by Crippen LogP contribution is 2.45. The quantitative estimate of drug-likeness (QED) is 0.374. The Morgan fingerprint density at radius 3 is 2.27 bits per heavy atom. The summed E-state index contributed by atoms with van der Waals surface area (Å²) in [5.41, 5.74) is 2.93. The van der Waals surface area contributed by atoms with Crippen LogP contribution in [-0.4, -0.2) is 54.0 Å². The SMILES string of the molecule is C=NCCc1ccc(C2(O)C(=O)N(Cc3ccc(C4CCN(C(=O)OC(C)(C)C)CC4)cc3)c3ccccc32)cc1. The first-order valence-corrected chi connectivity index (χ1v) is 14.3. The van der Waals surface area contributed by atoms with E-state index in [0.29, 0.717) is 43.2 Å². The fourth-order valence-electron chi connectivity index (χ4n) is 5.79. The predicted molar refractivity (Wildman–Crippen MR) is 161 cm³/mol. The minimum atomic E-state index is -1.74. The average molecular weight is 554 g/mol. The van der Waals surface area contributed by atoms with E-state index in [-0.39, 0.29) is 12.0 Å². The average Bonchev–Trinajstić information content (AvgIpc) is 3.18. The summed E-state index contributed by atoms with van der Waals surface area (Å²) in [6.45, 7) is 11.5. The van der Waals surface area contributed by atoms with Gasteiger partial charge < -0.3 is 24.6 Å². The number of benzene rings is 3. The number of nitrogens with zero attached hydrogens (tertiary/aromatic N) is 3. The number of hydrogen-bond donors (Lipinski definition) is 1. The molecule has 0 aliphatic carbocycles. The van der Waals surface area contributed by atoms with Gasteiger partial charge in [-0.25, -0.2) is 4.79 Å². The number of fused-ring (bicyclic) bond motifs is 1. The Balaban J connectivity index is 1.28. The van der Waals surface area contributed by atoms with E-state index in [1.54, 1.807) is 9.80 Å². The fourth-order valence-corrected chi connectivity index (χ4v) is 5.79. The Morgan fingerprint density at radius 2 is 1.63 bits per heavy atom. The van der Waals surface area contributed by atoms with E-state index in [9.17, 15) is 14.7 Å². The Hall–Kier alpha value is -3.97. The van der Waals surface area contributed by atoms with Crippen LogP contribution >= 0.6 is 0 Å². The number of likely N-dealkylation sites (tertiary alicyclic amines) is 1. The highest BCUT2D eigenvalue weighted by atomic mass is 16.6. The summed E-state index contributed by atoms with van der Waals surface area (Å²) in [5.74, 6) is 0.0185. The normalized spacial score (nSPS) is 19.3. The molecule has 1 N–H and O–H groups in total. The van der Waals surface area contributed by atoms with E-state index in [4.69, 9.17) is 4.74 Å². The molecule has 7 nitrogen and oxygen atoms in total. The minimum absolute atomic E-state index is 0.247. The monoisotopic (exact) mass is 553 g/mol. The number of hydrogen-bond acceptors (Lipinski definition) is 5. The van der Waals surface area contributed by atoms with Crippen LogP contribution in [0.3, 0.4) is 0 Å². The molecular formula is C34H39N3O4. The van der Waals surface area contributed by atoms with E-state index in [1.807, 2.05) is 69.3 Å². The van der Waals surface area contributed by atoms with Crippen LogP contribution in [0.25, 0.3) is 0 Å². The standard InChI is InChI=1S/C34H39N3O4/c1-33(2,3)41-32(39)36-21-18-27(19-22-36)26-13-9-25(10-14-26)23-37-30-8-6-5-7-29(30)34(40,31(37)38)28-15-11-24(12-16-28)17-20-35-4/h5-16,27,40H,4,17-23H2,1-3H3. The number of anilines is 1. The maximum atomic E-state index is 13.8. The van der Waals surface area contributed by atoms with Crippen LogP contribution < -0.4 is 4.90 Å². The summed E-state index contributed by atoms with van der Waals surface area (Å²) in [4.78, 5) is 33.6. The van der Waals surface area contributed by atoms with Crippen molar-refractivity contribution in [3.8, 4) is 0 Å². The molecular weight excluding hydrogens is 514 g/mol. The molecule has 3 aromatic rings. The van der Waals surface area contributed by atoms with Crippen molar-refractivity contribution in [3.63, 3.8) is 0 Å². The Kier molecular flexibility index (Phi) is 8.00. The van der Waals surface area contributed by atoms with Gasteiger partial charge in [-0.05, 0) is 81.0 Å². The van der Waals surface area contributed by atoms with Gasteiger partial charge in [-0.15, -0.1) is 0 Å². The third-order valence-electron chi connectivity index (χ3n) is 8.01. The number of rotatable bonds is 7. The van der Waals surface area contributed by atoms with E-state index in [2.05, 4.69) is 36.0 Å². The maximum absolute atomic E-state index is 13.8. The maximum Gasteiger partial charge on any atom is 0.410 e. The van der Waals surface area contributed by atoms with Crippen molar-refractivity contribution in [1.82, 2.24) is 4.90 Å². The molecule has 2 heterocycles. The summed E-state index contributed by atoms with van der Waals surface area (Å²) in [6, 6.07) is 23.4. The number of aliphatic imine (C=N–C) groups is 1. The zero-order chi connectivity index (χ0) is 29.2. The molecule has 7 heteroatoms. The second kappa shape index (κ2) is 11.5. The largest absolute Gasteiger partial charge is 0.444 e. The minimum Gasteiger partial charge on any atom is -0.444 e. The van der Waals surface area contributed by atoms with Gasteiger partial charge in [0.05, 0.1) is 12.2 Å². The smallest absolute Gasteiger partial charge is 0.410 e. The van der Waals surface area contributed by atoms with Gasteiger partial charge in [0.1, 0.15) is 5.60 Å². The van der Waals surface area contributed by atoms with Crippen LogP contribution in [0.5, 0.6) is 0 Å². The molecule has 2 aliphatic heterocycles. The summed E-state index contributed by atoms with van der Waals surface area (Å²) < 4.78 is 5.52. The third-order valence-corrected chi connectivity index (χ3v) is 8.01. The van der Waals surface area contributed by atoms with Crippen molar-refractivity contribution in [1.29, 1.82) is 0 Å². The molecule has 0 saturated carbocycles. The van der Waals surface area contributed by atoms with Crippen LogP contribution in [0, 0.1) is 0 Å². The summed E-state index contributed by atoms with van der Waals surface area (Å²) in [6.07, 6.45) is 2.28. The van der Waals surface area contributed by atoms with Crippen LogP contribution in [-0.2, 0) is 28.1 Å². The van der Waals surface area contributed by atoms with Crippen LogP contribution in [0.15, 0.2) is 77.8 Å². The summed E-state index contributed by atoms with van der Waals surface area (Å²) in [5, 5.41) is 11.9. The van der Waals surface area contributed by atoms with Gasteiger partial charge in [-0.2, -0.15) is 0 Å². The number of aliphatic hydroxyl groups is 1. The molecule has 0 bridgehead atoms. The van der Waals surface area contributed by atoms with Gasteiger partial charge >= 0.3 is 6.09 Å². The molecule has 1 saturated heterocycles. The van der Waals surface area contributed by atoms with Crippen molar-refractivity contribution >= 4 is 24.4 Å². The van der Waals surface area contributed by atoms with E-state index in [0.717, 1.165) is 36.1 Å². The second-order valence-electron chi connectivity index (χ2n) is 12.0. The van der Waals surface area contributed by atoms with Crippen molar-refractivity contribution in [2.75, 3.05) is 24.5 Å². The first kappa shape index (κ1) is 28.6. The van der Waals surface area contributed by atoms with Crippen molar-refractivity contribution < 1.29 is 19.4 Å². The summed E-state index contributed by atoms with van der Waals surface area (Å²) in [7, 11) is 0. The highest BCUT2D eigenvalue weighted by molar-refractivity contribution is 6.09. The van der Waals surface area contributed by atoms with Crippen LogP contribution in [0.1, 0.15) is 67.3 Å². The Morgan fingerprint density at radius 1 is 1.00 bits per heavy atom. The Labute approximate surface area is 242 Å². The van der Waals surface area contributed by atoms with Crippen molar-refractivity contribution in [2.24, 2.45) is 4.99 Å². The molecule has 2 amide bonds. The molecule has 2 aliphatic rings. The predicted octanol–water partition coefficient (Wildman–Crippen LogP) is 5.83. The Bertz CT molecular complexity index is 1400. The van der Waals surface area contributed by atoms with Gasteiger partial charge in [0.25, 0.3) is 5.91 Å². The van der Waals surface area contributed by atoms with E-state index >= 15 is 0 Å². The van der Waals surface area contributed by atoms with Gasteiger partial charge in [-0.3, -0.25) is 4.79 Å². The number of carbonyl (C=O) groups is 2. The first-order valence-electron chi connectivity index (χ1n) is 14.3. The second-order valence-corrected chi connectivity index (χ2v) is 12.0. The lowest BCUT2D eigenvalue weighted by Gasteiger charge is -2.33. The molecule has 1 fully saturated rings. The molecule has 0 radical (unpaired) electrons. The molecule has 214 valence electrons. The highest BCUT2D eigenvalue weighted by Gasteiger charge is 2.50. The number of carbonyl (C=O) groups excluding carboxylic acids is 2. The van der Waals surface area contributed by atoms with Gasteiger partial charge in [0.15, 0.2) is 5.60 Å². The number of amides is 2. The molecule has 41 heavy (non-hydrogen) atoms. The van der Waals surface area contributed by atoms with Gasteiger partial charge in [0.2, 0.25) is 0 Å². The third kappa shape index (κ3) is 5.91. The van der Waals surface area contributed by atoms with Crippen molar-refractivity contribution in [2.45, 2.75) is 63.7 Å². The number of para-hydroxylation sites is 1. The lowest BCUT2D eigenvalue weighted by Crippen LogP contribution is -2.41. The zero-order valence-electron chi connectivity index (χ0n) is 24.2. The molecule has 0 aromatic heterocycles. The van der Waals surface area contributed by atoms with Gasteiger partial charge in [0, 0.05) is 25.2 Å². The topological polar surface area (TPSA) is 82.4 Å². The molecule has 1 unspecified atom stereocenters. The lowest BCUT2D eigenvalue weighted by atomic mass is 9.87. The van der Waals surface area contributed by atoms with E-state index < -0.39 is 11.2 Å². The number of ether oxygens (including phenoxy) is 1. The van der Waals surface area contributed by atoms with Gasteiger partial charge in [-0.1, -0.05) is 66.7 Å². The van der Waals surface area contributed by atoms with Crippen LogP contribution in [0.2, 0.25) is 0 Å². The molecule has 3 aromatic carbocycles. The first-order chi connectivity index (χ1) is 19.6. The lowest BCUT2D eigenvalue weighted by molar-refractivity contribution is -0.132. The van der Waals surface area contributed by atoms with Crippen LogP contribution in [0.4, 0.5) is 10.5 Å². The van der Waals surface area contributed by atoms with E-state index in [1.165, 1.54) is 5.56 Å². The molecule has 5 rings (SSSR count). The summed E-state index contributed by atoms with van der Waals surface area (Å²) >= 11 is 0. The molecule has 0 spiro atoms. The zero-order valence-corrected chi connectivity index (χ0v) is 24.2.